The molecule has 1 aliphatic heterocycles. The van der Waals surface area contributed by atoms with E-state index in [0.29, 0.717) is 30.9 Å². The highest BCUT2D eigenvalue weighted by atomic mass is 19.1. The fourth-order valence-electron chi connectivity index (χ4n) is 2.58. The Balaban J connectivity index is 1.74. The van der Waals surface area contributed by atoms with Crippen molar-refractivity contribution >= 4 is 5.91 Å². The third-order valence-electron chi connectivity index (χ3n) is 3.70. The van der Waals surface area contributed by atoms with Gasteiger partial charge in [0.1, 0.15) is 5.82 Å². The Kier molecular flexibility index (Phi) is 5.70. The van der Waals surface area contributed by atoms with Crippen LogP contribution in [0, 0.1) is 19.7 Å². The van der Waals surface area contributed by atoms with E-state index in [1.807, 2.05) is 12.1 Å². The minimum absolute atomic E-state index is 0.00236. The lowest BCUT2D eigenvalue weighted by Gasteiger charge is -2.23. The van der Waals surface area contributed by atoms with Gasteiger partial charge in [0.2, 0.25) is 5.91 Å². The molecule has 2 N–H and O–H groups in total. The normalized spacial score (nSPS) is 16.0. The van der Waals surface area contributed by atoms with Crippen molar-refractivity contribution in [3.05, 3.63) is 34.6 Å². The second-order valence-electron chi connectivity index (χ2n) is 5.60. The quantitative estimate of drug-likeness (QED) is 0.871. The van der Waals surface area contributed by atoms with Crippen molar-refractivity contribution in [1.29, 1.82) is 0 Å². The van der Waals surface area contributed by atoms with Gasteiger partial charge in [-0.2, -0.15) is 0 Å². The summed E-state index contributed by atoms with van der Waals surface area (Å²) in [5.74, 6) is -0.159. The molecule has 4 nitrogen and oxygen atoms in total. The molecular formula is C16H23FN2O2. The molecule has 1 aromatic rings. The predicted octanol–water partition coefficient (Wildman–Crippen LogP) is 1.83. The number of nitrogens with one attached hydrogen (secondary N) is 2. The zero-order valence-corrected chi connectivity index (χ0v) is 12.7. The van der Waals surface area contributed by atoms with E-state index in [0.717, 1.165) is 18.4 Å². The van der Waals surface area contributed by atoms with E-state index in [1.165, 1.54) is 0 Å². The zero-order valence-electron chi connectivity index (χ0n) is 12.7. The fourth-order valence-corrected chi connectivity index (χ4v) is 2.58. The number of halogens is 1. The van der Waals surface area contributed by atoms with Gasteiger partial charge in [-0.3, -0.25) is 4.79 Å². The van der Waals surface area contributed by atoms with Crippen molar-refractivity contribution in [1.82, 2.24) is 10.6 Å². The summed E-state index contributed by atoms with van der Waals surface area (Å²) in [6.07, 6.45) is 1.75. The molecule has 1 amide bonds. The molecule has 116 valence electrons. The molecule has 0 aliphatic carbocycles. The van der Waals surface area contributed by atoms with Gasteiger partial charge in [0, 0.05) is 25.8 Å². The summed E-state index contributed by atoms with van der Waals surface area (Å²) in [5.41, 5.74) is 2.27. The summed E-state index contributed by atoms with van der Waals surface area (Å²) in [4.78, 5) is 11.8. The number of rotatable bonds is 5. The molecule has 1 saturated heterocycles. The molecule has 0 saturated carbocycles. The van der Waals surface area contributed by atoms with Crippen LogP contribution in [0.25, 0.3) is 0 Å². The molecule has 2 rings (SSSR count). The van der Waals surface area contributed by atoms with Gasteiger partial charge >= 0.3 is 0 Å². The van der Waals surface area contributed by atoms with Crippen molar-refractivity contribution < 1.29 is 13.9 Å². The average Bonchev–Trinajstić information content (AvgIpc) is 2.45. The second-order valence-corrected chi connectivity index (χ2v) is 5.60. The van der Waals surface area contributed by atoms with Gasteiger partial charge in [0.25, 0.3) is 0 Å². The number of ether oxygens (including phenoxy) is 1. The van der Waals surface area contributed by atoms with E-state index in [-0.39, 0.29) is 24.3 Å². The third-order valence-corrected chi connectivity index (χ3v) is 3.70. The monoisotopic (exact) mass is 294 g/mol. The maximum absolute atomic E-state index is 13.5. The number of hydrogen-bond donors (Lipinski definition) is 2. The molecular weight excluding hydrogens is 271 g/mol. The van der Waals surface area contributed by atoms with Gasteiger partial charge in [-0.25, -0.2) is 4.39 Å². The molecule has 0 spiro atoms. The molecule has 0 aromatic heterocycles. The second kappa shape index (κ2) is 7.52. The van der Waals surface area contributed by atoms with Crippen LogP contribution in [0.1, 0.15) is 29.5 Å². The summed E-state index contributed by atoms with van der Waals surface area (Å²) in [6.45, 7) is 5.77. The maximum atomic E-state index is 13.5. The Labute approximate surface area is 125 Å². The van der Waals surface area contributed by atoms with Gasteiger partial charge in [-0.1, -0.05) is 12.1 Å². The lowest BCUT2D eigenvalue weighted by atomic mass is 10.1. The van der Waals surface area contributed by atoms with Gasteiger partial charge in [0.05, 0.1) is 6.54 Å². The van der Waals surface area contributed by atoms with E-state index in [4.69, 9.17) is 4.74 Å². The van der Waals surface area contributed by atoms with Crippen molar-refractivity contribution in [2.24, 2.45) is 0 Å². The van der Waals surface area contributed by atoms with Crippen LogP contribution in [0.2, 0.25) is 0 Å². The van der Waals surface area contributed by atoms with Gasteiger partial charge in [0.15, 0.2) is 0 Å². The summed E-state index contributed by atoms with van der Waals surface area (Å²) in [6, 6.07) is 3.85. The van der Waals surface area contributed by atoms with Crippen LogP contribution in [-0.2, 0) is 16.1 Å². The van der Waals surface area contributed by atoms with Crippen LogP contribution < -0.4 is 10.6 Å². The Morgan fingerprint density at radius 1 is 1.29 bits per heavy atom. The predicted molar refractivity (Wildman–Crippen MR) is 79.6 cm³/mol. The number of benzene rings is 1. The molecule has 0 atom stereocenters. The van der Waals surface area contributed by atoms with Crippen LogP contribution in [0.4, 0.5) is 4.39 Å². The number of hydrogen-bond acceptors (Lipinski definition) is 3. The number of carbonyl (C=O) groups is 1. The third kappa shape index (κ3) is 4.79. The van der Waals surface area contributed by atoms with E-state index in [9.17, 15) is 9.18 Å². The first-order valence-electron chi connectivity index (χ1n) is 7.39. The van der Waals surface area contributed by atoms with Crippen molar-refractivity contribution in [2.75, 3.05) is 19.8 Å². The van der Waals surface area contributed by atoms with Crippen molar-refractivity contribution in [2.45, 2.75) is 39.3 Å². The lowest BCUT2D eigenvalue weighted by Crippen LogP contribution is -2.42. The van der Waals surface area contributed by atoms with Gasteiger partial charge in [-0.15, -0.1) is 0 Å². The molecule has 21 heavy (non-hydrogen) atoms. The standard InChI is InChI=1S/C16H23FN2O2/c1-11-7-13(8-12(2)16(11)17)9-18-10-15(20)19-14-3-5-21-6-4-14/h7-8,14,18H,3-6,9-10H2,1-2H3,(H,19,20). The minimum Gasteiger partial charge on any atom is -0.381 e. The zero-order chi connectivity index (χ0) is 15.2. The van der Waals surface area contributed by atoms with Crippen LogP contribution in [0.3, 0.4) is 0 Å². The maximum Gasteiger partial charge on any atom is 0.234 e. The van der Waals surface area contributed by atoms with E-state index in [2.05, 4.69) is 10.6 Å². The SMILES string of the molecule is Cc1cc(CNCC(=O)NC2CCOCC2)cc(C)c1F. The Morgan fingerprint density at radius 2 is 1.90 bits per heavy atom. The molecule has 1 heterocycles. The molecule has 0 unspecified atom stereocenters. The van der Waals surface area contributed by atoms with Gasteiger partial charge in [-0.05, 0) is 43.4 Å². The first kappa shape index (κ1) is 15.9. The summed E-state index contributed by atoms with van der Waals surface area (Å²) >= 11 is 0. The number of carbonyl (C=O) groups excluding carboxylic acids is 1. The lowest BCUT2D eigenvalue weighted by molar-refractivity contribution is -0.121. The highest BCUT2D eigenvalue weighted by Gasteiger charge is 2.15. The van der Waals surface area contributed by atoms with E-state index < -0.39 is 0 Å². The fraction of sp³-hybridized carbons (Fsp3) is 0.562. The molecule has 1 aliphatic rings. The molecule has 1 fully saturated rings. The number of aryl methyl sites for hydroxylation is 2. The summed E-state index contributed by atoms with van der Waals surface area (Å²) in [5, 5.41) is 6.09. The summed E-state index contributed by atoms with van der Waals surface area (Å²) < 4.78 is 18.8. The largest absolute Gasteiger partial charge is 0.381 e. The Bertz CT molecular complexity index is 476. The first-order chi connectivity index (χ1) is 10.1. The van der Waals surface area contributed by atoms with Crippen LogP contribution in [0.5, 0.6) is 0 Å². The highest BCUT2D eigenvalue weighted by Crippen LogP contribution is 2.14. The van der Waals surface area contributed by atoms with Crippen LogP contribution in [0.15, 0.2) is 12.1 Å². The Hall–Kier alpha value is -1.46. The highest BCUT2D eigenvalue weighted by molar-refractivity contribution is 5.78. The summed E-state index contributed by atoms with van der Waals surface area (Å²) in [7, 11) is 0. The molecule has 1 aromatic carbocycles. The van der Waals surface area contributed by atoms with Crippen molar-refractivity contribution in [3.8, 4) is 0 Å². The first-order valence-corrected chi connectivity index (χ1v) is 7.39. The van der Waals surface area contributed by atoms with Crippen molar-refractivity contribution in [3.63, 3.8) is 0 Å². The molecule has 0 radical (unpaired) electrons. The van der Waals surface area contributed by atoms with E-state index >= 15 is 0 Å². The van der Waals surface area contributed by atoms with Crippen LogP contribution in [-0.4, -0.2) is 31.7 Å². The molecule has 0 bridgehead atoms. The minimum atomic E-state index is -0.156. The number of amides is 1. The van der Waals surface area contributed by atoms with E-state index in [1.54, 1.807) is 13.8 Å². The Morgan fingerprint density at radius 3 is 2.52 bits per heavy atom. The topological polar surface area (TPSA) is 50.4 Å². The smallest absolute Gasteiger partial charge is 0.234 e. The average molecular weight is 294 g/mol. The van der Waals surface area contributed by atoms with Gasteiger partial charge < -0.3 is 15.4 Å². The molecule has 5 heteroatoms. The van der Waals surface area contributed by atoms with Crippen LogP contribution >= 0.6 is 0 Å².